The van der Waals surface area contributed by atoms with E-state index in [2.05, 4.69) is 0 Å². The fourth-order valence-corrected chi connectivity index (χ4v) is 5.70. The lowest BCUT2D eigenvalue weighted by atomic mass is 9.70. The highest BCUT2D eigenvalue weighted by atomic mass is 16.3. The van der Waals surface area contributed by atoms with E-state index in [1.165, 1.54) is 13.8 Å². The summed E-state index contributed by atoms with van der Waals surface area (Å²) in [7, 11) is 0. The third-order valence-corrected chi connectivity index (χ3v) is 7.58. The Morgan fingerprint density at radius 3 is 1.40 bits per heavy atom. The van der Waals surface area contributed by atoms with Crippen LogP contribution in [-0.4, -0.2) is 55.0 Å². The molecular formula is C30H28O10. The molecule has 0 heterocycles. The van der Waals surface area contributed by atoms with Crippen LogP contribution in [0.1, 0.15) is 122 Å². The third-order valence-electron chi connectivity index (χ3n) is 7.58. The van der Waals surface area contributed by atoms with Crippen molar-refractivity contribution in [3.8, 4) is 23.0 Å². The Morgan fingerprint density at radius 2 is 1.00 bits per heavy atom. The minimum absolute atomic E-state index is 0.0197. The van der Waals surface area contributed by atoms with Crippen LogP contribution in [0.5, 0.6) is 23.0 Å². The number of aliphatic hydroxyl groups is 1. The zero-order valence-electron chi connectivity index (χ0n) is 22.7. The van der Waals surface area contributed by atoms with Crippen molar-refractivity contribution in [3.63, 3.8) is 0 Å². The number of ketones is 4. The zero-order chi connectivity index (χ0) is 30.1. The summed E-state index contributed by atoms with van der Waals surface area (Å²) in [5.41, 5.74) is -4.00. The number of hydrogen-bond acceptors (Lipinski definition) is 10. The number of aromatic hydroxyl groups is 4. The van der Waals surface area contributed by atoms with Crippen LogP contribution >= 0.6 is 0 Å². The number of hydrogen-bond donors (Lipinski definition) is 5. The number of Topliss-reactive ketones (excluding diaryl/α,β-unsaturated/α-hetero) is 4. The highest BCUT2D eigenvalue weighted by Crippen LogP contribution is 2.49. The summed E-state index contributed by atoms with van der Waals surface area (Å²) >= 11 is 0. The van der Waals surface area contributed by atoms with Crippen molar-refractivity contribution >= 4 is 29.4 Å². The zero-order valence-corrected chi connectivity index (χ0v) is 22.7. The van der Waals surface area contributed by atoms with Crippen LogP contribution in [0.2, 0.25) is 0 Å². The first-order valence-corrected chi connectivity index (χ1v) is 12.5. The van der Waals surface area contributed by atoms with Gasteiger partial charge in [0.2, 0.25) is 0 Å². The average molecular weight is 549 g/mol. The summed E-state index contributed by atoms with van der Waals surface area (Å²) in [5.74, 6) is -7.68. The van der Waals surface area contributed by atoms with Gasteiger partial charge in [0.1, 0.15) is 0 Å². The van der Waals surface area contributed by atoms with E-state index in [1.807, 2.05) is 0 Å². The van der Waals surface area contributed by atoms with Crippen molar-refractivity contribution < 1.29 is 49.5 Å². The smallest absolute Gasteiger partial charge is 0.195 e. The van der Waals surface area contributed by atoms with Gasteiger partial charge in [-0.05, 0) is 25.7 Å². The highest BCUT2D eigenvalue weighted by molar-refractivity contribution is 6.38. The number of phenolic OH excluding ortho intramolecular Hbond substituents is 3. The standard InChI is InChI=1S/C30H28O10/c1-9(2)15-21-19(13(7-31)25(35)29(15)39)27(37)17(11(5)23(21)33)18-12(6)24(34)22-16(10(3)4)30(40)26(36)14(8-32)20(22)28(18)38/h7,9-10,32,35-36,39-40H,8H2,1-6H3. The molecule has 0 spiro atoms. The summed E-state index contributed by atoms with van der Waals surface area (Å²) in [6, 6.07) is 0. The fourth-order valence-electron chi connectivity index (χ4n) is 5.70. The molecule has 0 aromatic heterocycles. The number of rotatable bonds is 5. The molecule has 10 nitrogen and oxygen atoms in total. The molecule has 5 N–H and O–H groups in total. The van der Waals surface area contributed by atoms with E-state index in [1.54, 1.807) is 27.7 Å². The Hall–Kier alpha value is -4.57. The Kier molecular flexibility index (Phi) is 6.80. The molecule has 0 amide bonds. The van der Waals surface area contributed by atoms with Crippen molar-refractivity contribution in [2.75, 3.05) is 0 Å². The van der Waals surface area contributed by atoms with Crippen LogP contribution in [-0.2, 0) is 6.61 Å². The first-order chi connectivity index (χ1) is 18.6. The SMILES string of the molecule is CC1=C(C2=C(C)C(=O)c3c(c(CO)c(O)c(O)c3C(C)C)C2=O)C(=O)c2c(C=O)c(O)c(O)c(C(C)C)c2C1=O. The summed E-state index contributed by atoms with van der Waals surface area (Å²) < 4.78 is 0. The van der Waals surface area contributed by atoms with Gasteiger partial charge in [-0.3, -0.25) is 24.0 Å². The van der Waals surface area contributed by atoms with Gasteiger partial charge in [0.15, 0.2) is 52.4 Å². The second kappa shape index (κ2) is 9.56. The van der Waals surface area contributed by atoms with Crippen molar-refractivity contribution in [1.29, 1.82) is 0 Å². The lowest BCUT2D eigenvalue weighted by Gasteiger charge is -2.30. The minimum atomic E-state index is -0.997. The molecule has 0 fully saturated rings. The number of benzene rings is 2. The van der Waals surface area contributed by atoms with Gasteiger partial charge in [0.25, 0.3) is 0 Å². The monoisotopic (exact) mass is 548 g/mol. The van der Waals surface area contributed by atoms with Gasteiger partial charge in [0.05, 0.1) is 12.2 Å². The Balaban J connectivity index is 2.12. The number of fused-ring (bicyclic) bond motifs is 2. The summed E-state index contributed by atoms with van der Waals surface area (Å²) in [5, 5.41) is 52.4. The van der Waals surface area contributed by atoms with E-state index in [9.17, 15) is 49.5 Å². The van der Waals surface area contributed by atoms with Crippen LogP contribution < -0.4 is 0 Å². The molecular weight excluding hydrogens is 520 g/mol. The molecule has 0 saturated heterocycles. The first-order valence-electron chi connectivity index (χ1n) is 12.5. The van der Waals surface area contributed by atoms with E-state index in [4.69, 9.17) is 0 Å². The van der Waals surface area contributed by atoms with Crippen molar-refractivity contribution in [3.05, 3.63) is 66.8 Å². The van der Waals surface area contributed by atoms with Gasteiger partial charge >= 0.3 is 0 Å². The quantitative estimate of drug-likeness (QED) is 0.268. The van der Waals surface area contributed by atoms with Gasteiger partial charge < -0.3 is 25.5 Å². The highest BCUT2D eigenvalue weighted by Gasteiger charge is 2.45. The number of allylic oxidation sites excluding steroid dienone is 4. The maximum absolute atomic E-state index is 14.1. The maximum Gasteiger partial charge on any atom is 0.195 e. The molecule has 2 aromatic rings. The maximum atomic E-state index is 14.1. The molecule has 2 aliphatic carbocycles. The van der Waals surface area contributed by atoms with Gasteiger partial charge in [-0.2, -0.15) is 0 Å². The van der Waals surface area contributed by atoms with Crippen LogP contribution in [0, 0.1) is 0 Å². The van der Waals surface area contributed by atoms with E-state index in [0.717, 1.165) is 0 Å². The number of carbonyl (C=O) groups excluding carboxylic acids is 5. The Morgan fingerprint density at radius 1 is 0.600 bits per heavy atom. The Bertz CT molecular complexity index is 1660. The molecule has 0 radical (unpaired) electrons. The van der Waals surface area contributed by atoms with Crippen molar-refractivity contribution in [2.24, 2.45) is 0 Å². The molecule has 0 bridgehead atoms. The van der Waals surface area contributed by atoms with Crippen molar-refractivity contribution in [1.82, 2.24) is 0 Å². The average Bonchev–Trinajstić information content (AvgIpc) is 2.89. The molecule has 10 heteroatoms. The van der Waals surface area contributed by atoms with E-state index in [-0.39, 0.29) is 39.7 Å². The van der Waals surface area contributed by atoms with E-state index < -0.39 is 98.0 Å². The molecule has 0 atom stereocenters. The normalized spacial score (nSPS) is 15.4. The topological polar surface area (TPSA) is 186 Å². The molecule has 208 valence electrons. The molecule has 40 heavy (non-hydrogen) atoms. The second-order valence-electron chi connectivity index (χ2n) is 10.5. The van der Waals surface area contributed by atoms with E-state index in [0.29, 0.717) is 0 Å². The summed E-state index contributed by atoms with van der Waals surface area (Å²) in [6.45, 7) is 8.08. The molecule has 2 aromatic carbocycles. The van der Waals surface area contributed by atoms with Crippen LogP contribution in [0.15, 0.2) is 22.3 Å². The van der Waals surface area contributed by atoms with Crippen LogP contribution in [0.4, 0.5) is 0 Å². The Labute approximate surface area is 228 Å². The predicted octanol–water partition coefficient (Wildman–Crippen LogP) is 4.15. The number of phenols is 4. The number of aliphatic hydroxyl groups excluding tert-OH is 1. The van der Waals surface area contributed by atoms with Gasteiger partial charge in [-0.25, -0.2) is 0 Å². The van der Waals surface area contributed by atoms with E-state index >= 15 is 0 Å². The molecule has 0 saturated carbocycles. The van der Waals surface area contributed by atoms with Crippen LogP contribution in [0.3, 0.4) is 0 Å². The summed E-state index contributed by atoms with van der Waals surface area (Å²) in [6.07, 6.45) is 0.116. The molecule has 0 aliphatic heterocycles. The molecule has 4 rings (SSSR count). The van der Waals surface area contributed by atoms with Crippen molar-refractivity contribution in [2.45, 2.75) is 60.0 Å². The first kappa shape index (κ1) is 28.4. The largest absolute Gasteiger partial charge is 0.504 e. The predicted molar refractivity (Wildman–Crippen MR) is 142 cm³/mol. The third kappa shape index (κ3) is 3.56. The number of carbonyl (C=O) groups is 5. The van der Waals surface area contributed by atoms with Gasteiger partial charge in [-0.1, -0.05) is 27.7 Å². The van der Waals surface area contributed by atoms with Crippen LogP contribution in [0.25, 0.3) is 0 Å². The lowest BCUT2D eigenvalue weighted by molar-refractivity contribution is 0.0948. The van der Waals surface area contributed by atoms with Gasteiger partial charge in [-0.15, -0.1) is 0 Å². The summed E-state index contributed by atoms with van der Waals surface area (Å²) in [4.78, 5) is 67.6. The second-order valence-corrected chi connectivity index (χ2v) is 10.5. The fraction of sp³-hybridized carbons (Fsp3) is 0.300. The minimum Gasteiger partial charge on any atom is -0.504 e. The van der Waals surface area contributed by atoms with Gasteiger partial charge in [0, 0.05) is 61.2 Å². The number of aldehydes is 1. The molecule has 2 aliphatic rings. The lowest BCUT2D eigenvalue weighted by Crippen LogP contribution is -2.32. The molecule has 0 unspecified atom stereocenters.